The lowest BCUT2D eigenvalue weighted by atomic mass is 9.98. The number of amides is 1. The Morgan fingerprint density at radius 1 is 1.21 bits per heavy atom. The molecule has 0 aliphatic carbocycles. The van der Waals surface area contributed by atoms with E-state index in [0.29, 0.717) is 32.4 Å². The molecule has 1 aromatic rings. The van der Waals surface area contributed by atoms with Gasteiger partial charge in [0.15, 0.2) is 0 Å². The second-order valence-electron chi connectivity index (χ2n) is 5.31. The lowest BCUT2D eigenvalue weighted by molar-refractivity contribution is 0.0437. The molecule has 0 saturated carbocycles. The van der Waals surface area contributed by atoms with Gasteiger partial charge in [0.2, 0.25) is 0 Å². The number of aromatic hydroxyl groups is 2. The number of phenols is 2. The molecule has 104 valence electrons. The van der Waals surface area contributed by atoms with Gasteiger partial charge in [-0.15, -0.1) is 0 Å². The zero-order chi connectivity index (χ0) is 14.0. The summed E-state index contributed by atoms with van der Waals surface area (Å²) in [6.07, 6.45) is 1.84. The Labute approximate surface area is 112 Å². The Morgan fingerprint density at radius 3 is 2.47 bits per heavy atom. The minimum absolute atomic E-state index is 0.0657. The van der Waals surface area contributed by atoms with Crippen molar-refractivity contribution in [1.82, 2.24) is 4.90 Å². The second kappa shape index (κ2) is 5.09. The van der Waals surface area contributed by atoms with Crippen molar-refractivity contribution < 1.29 is 20.1 Å². The molecule has 5 heteroatoms. The minimum atomic E-state index is -0.754. The molecule has 1 aromatic carbocycles. The predicted octanol–water partition coefficient (Wildman–Crippen LogP) is 1.47. The van der Waals surface area contributed by atoms with Crippen molar-refractivity contribution in [2.45, 2.75) is 31.8 Å². The van der Waals surface area contributed by atoms with Crippen LogP contribution in [0.25, 0.3) is 0 Å². The van der Waals surface area contributed by atoms with E-state index in [4.69, 9.17) is 0 Å². The highest BCUT2D eigenvalue weighted by molar-refractivity contribution is 5.99. The number of hydrogen-bond donors (Lipinski definition) is 3. The molecule has 0 spiro atoms. The lowest BCUT2D eigenvalue weighted by Gasteiger charge is -2.23. The maximum Gasteiger partial charge on any atom is 0.261 e. The third-order valence-corrected chi connectivity index (χ3v) is 3.59. The fraction of sp³-hybridized carbons (Fsp3) is 0.500. The standard InChI is InChI=1S/C14H19NO4/c1-14(19)6-3-8-15(9-7-14)13(18)12-10(16)4-2-5-11(12)17/h2,4-5,16-17,19H,3,6-9H2,1H3. The van der Waals surface area contributed by atoms with Crippen LogP contribution < -0.4 is 0 Å². The maximum atomic E-state index is 12.3. The van der Waals surface area contributed by atoms with E-state index in [1.54, 1.807) is 11.8 Å². The van der Waals surface area contributed by atoms with E-state index in [9.17, 15) is 20.1 Å². The summed E-state index contributed by atoms with van der Waals surface area (Å²) in [5, 5.41) is 29.4. The van der Waals surface area contributed by atoms with Crippen LogP contribution in [0.4, 0.5) is 0 Å². The summed E-state index contributed by atoms with van der Waals surface area (Å²) in [6, 6.07) is 4.23. The normalized spacial score (nSPS) is 24.0. The first-order chi connectivity index (χ1) is 8.91. The molecule has 2 rings (SSSR count). The molecular weight excluding hydrogens is 246 g/mol. The largest absolute Gasteiger partial charge is 0.507 e. The van der Waals surface area contributed by atoms with Crippen molar-refractivity contribution in [3.63, 3.8) is 0 Å². The molecule has 1 fully saturated rings. The Kier molecular flexibility index (Phi) is 3.66. The number of nitrogens with zero attached hydrogens (tertiary/aromatic N) is 1. The van der Waals surface area contributed by atoms with Gasteiger partial charge in [-0.1, -0.05) is 6.07 Å². The van der Waals surface area contributed by atoms with Crippen molar-refractivity contribution in [2.24, 2.45) is 0 Å². The summed E-state index contributed by atoms with van der Waals surface area (Å²) in [7, 11) is 0. The summed E-state index contributed by atoms with van der Waals surface area (Å²) in [5.41, 5.74) is -0.820. The average Bonchev–Trinajstić information content (AvgIpc) is 2.50. The number of hydrogen-bond acceptors (Lipinski definition) is 4. The molecule has 1 unspecified atom stereocenters. The molecule has 19 heavy (non-hydrogen) atoms. The minimum Gasteiger partial charge on any atom is -0.507 e. The molecular formula is C14H19NO4. The fourth-order valence-corrected chi connectivity index (χ4v) is 2.37. The van der Waals surface area contributed by atoms with Gasteiger partial charge < -0.3 is 20.2 Å². The summed E-state index contributed by atoms with van der Waals surface area (Å²) in [4.78, 5) is 13.9. The van der Waals surface area contributed by atoms with E-state index in [0.717, 1.165) is 0 Å². The van der Waals surface area contributed by atoms with Crippen LogP contribution in [-0.4, -0.2) is 44.8 Å². The fourth-order valence-electron chi connectivity index (χ4n) is 2.37. The van der Waals surface area contributed by atoms with Gasteiger partial charge in [-0.3, -0.25) is 4.79 Å². The van der Waals surface area contributed by atoms with Crippen molar-refractivity contribution in [2.75, 3.05) is 13.1 Å². The van der Waals surface area contributed by atoms with Gasteiger partial charge in [0.25, 0.3) is 5.91 Å². The third kappa shape index (κ3) is 2.98. The van der Waals surface area contributed by atoms with Crippen molar-refractivity contribution >= 4 is 5.91 Å². The van der Waals surface area contributed by atoms with Gasteiger partial charge in [0, 0.05) is 13.1 Å². The molecule has 0 aromatic heterocycles. The zero-order valence-electron chi connectivity index (χ0n) is 11.0. The maximum absolute atomic E-state index is 12.3. The first-order valence-electron chi connectivity index (χ1n) is 6.43. The molecule has 3 N–H and O–H groups in total. The van der Waals surface area contributed by atoms with Crippen LogP contribution in [0.3, 0.4) is 0 Å². The van der Waals surface area contributed by atoms with E-state index < -0.39 is 11.5 Å². The molecule has 5 nitrogen and oxygen atoms in total. The number of carbonyl (C=O) groups excluding carboxylic acids is 1. The molecule has 1 saturated heterocycles. The van der Waals surface area contributed by atoms with Crippen LogP contribution in [0.15, 0.2) is 18.2 Å². The number of likely N-dealkylation sites (tertiary alicyclic amines) is 1. The van der Waals surface area contributed by atoms with Gasteiger partial charge in [-0.2, -0.15) is 0 Å². The number of benzene rings is 1. The monoisotopic (exact) mass is 265 g/mol. The van der Waals surface area contributed by atoms with Crippen LogP contribution in [0.2, 0.25) is 0 Å². The SMILES string of the molecule is CC1(O)CCCN(C(=O)c2c(O)cccc2O)CC1. The third-order valence-electron chi connectivity index (χ3n) is 3.59. The van der Waals surface area contributed by atoms with Crippen LogP contribution in [0.1, 0.15) is 36.5 Å². The number of phenolic OH excluding ortho intramolecular Hbond substituents is 2. The van der Waals surface area contributed by atoms with E-state index >= 15 is 0 Å². The first kappa shape index (κ1) is 13.7. The Bertz CT molecular complexity index is 464. The summed E-state index contributed by atoms with van der Waals surface area (Å²) in [6.45, 7) is 2.70. The highest BCUT2D eigenvalue weighted by atomic mass is 16.3. The van der Waals surface area contributed by atoms with Gasteiger partial charge in [-0.25, -0.2) is 0 Å². The Balaban J connectivity index is 2.20. The molecule has 1 amide bonds. The van der Waals surface area contributed by atoms with Gasteiger partial charge in [-0.05, 0) is 38.3 Å². The van der Waals surface area contributed by atoms with Crippen LogP contribution in [0.5, 0.6) is 11.5 Å². The molecule has 1 aliphatic rings. The Hall–Kier alpha value is -1.75. The van der Waals surface area contributed by atoms with E-state index in [1.807, 2.05) is 0 Å². The van der Waals surface area contributed by atoms with Crippen molar-refractivity contribution in [1.29, 1.82) is 0 Å². The number of rotatable bonds is 1. The van der Waals surface area contributed by atoms with Crippen LogP contribution in [-0.2, 0) is 0 Å². The highest BCUT2D eigenvalue weighted by Crippen LogP contribution is 2.29. The van der Waals surface area contributed by atoms with Crippen molar-refractivity contribution in [3.05, 3.63) is 23.8 Å². The van der Waals surface area contributed by atoms with Gasteiger partial charge in [0.1, 0.15) is 17.1 Å². The van der Waals surface area contributed by atoms with Gasteiger partial charge >= 0.3 is 0 Å². The molecule has 0 bridgehead atoms. The van der Waals surface area contributed by atoms with Crippen molar-refractivity contribution in [3.8, 4) is 11.5 Å². The molecule has 1 aliphatic heterocycles. The Morgan fingerprint density at radius 2 is 1.84 bits per heavy atom. The number of carbonyl (C=O) groups is 1. The molecule has 1 heterocycles. The van der Waals surface area contributed by atoms with E-state index in [2.05, 4.69) is 0 Å². The van der Waals surface area contributed by atoms with E-state index in [1.165, 1.54) is 18.2 Å². The predicted molar refractivity (Wildman–Crippen MR) is 70.1 cm³/mol. The van der Waals surface area contributed by atoms with Gasteiger partial charge in [0.05, 0.1) is 5.60 Å². The van der Waals surface area contributed by atoms with E-state index in [-0.39, 0.29) is 17.1 Å². The molecule has 1 atom stereocenters. The number of aliphatic hydroxyl groups is 1. The lowest BCUT2D eigenvalue weighted by Crippen LogP contribution is -2.33. The van der Waals surface area contributed by atoms with Crippen LogP contribution >= 0.6 is 0 Å². The molecule has 0 radical (unpaired) electrons. The quantitative estimate of drug-likeness (QED) is 0.718. The summed E-state index contributed by atoms with van der Waals surface area (Å²) < 4.78 is 0. The van der Waals surface area contributed by atoms with Crippen LogP contribution in [0, 0.1) is 0 Å². The smallest absolute Gasteiger partial charge is 0.261 e. The topological polar surface area (TPSA) is 81.0 Å². The highest BCUT2D eigenvalue weighted by Gasteiger charge is 2.29. The average molecular weight is 265 g/mol. The summed E-state index contributed by atoms with van der Waals surface area (Å²) >= 11 is 0. The second-order valence-corrected chi connectivity index (χ2v) is 5.31. The first-order valence-corrected chi connectivity index (χ1v) is 6.43. The zero-order valence-corrected chi connectivity index (χ0v) is 11.0. The summed E-state index contributed by atoms with van der Waals surface area (Å²) in [5.74, 6) is -0.838.